The Labute approximate surface area is 76.6 Å². The van der Waals surface area contributed by atoms with Gasteiger partial charge in [0.15, 0.2) is 0 Å². The molecule has 0 spiro atoms. The summed E-state index contributed by atoms with van der Waals surface area (Å²) in [5.41, 5.74) is -0.917. The van der Waals surface area contributed by atoms with Gasteiger partial charge in [0.05, 0.1) is 10.1 Å². The van der Waals surface area contributed by atoms with Gasteiger partial charge in [-0.05, 0) is 6.07 Å². The number of aromatic nitrogens is 1. The summed E-state index contributed by atoms with van der Waals surface area (Å²) in [5, 5.41) is 8.39. The van der Waals surface area contributed by atoms with Crippen LogP contribution < -0.4 is 0 Å². The van der Waals surface area contributed by atoms with Gasteiger partial charge in [0.2, 0.25) is 0 Å². The third kappa shape index (κ3) is 2.06. The summed E-state index contributed by atoms with van der Waals surface area (Å²) in [4.78, 5) is 1.95. The van der Waals surface area contributed by atoms with Crippen LogP contribution in [0.3, 0.4) is 0 Å². The van der Waals surface area contributed by atoms with Crippen LogP contribution in [0.4, 0.5) is 13.2 Å². The van der Waals surface area contributed by atoms with Crippen molar-refractivity contribution in [3.05, 3.63) is 28.0 Å². The van der Waals surface area contributed by atoms with Gasteiger partial charge in [0.1, 0.15) is 11.8 Å². The number of hydrogen-bond donors (Lipinski definition) is 1. The van der Waals surface area contributed by atoms with Gasteiger partial charge in [-0.15, -0.1) is 0 Å². The van der Waals surface area contributed by atoms with Crippen molar-refractivity contribution in [2.45, 2.75) is 6.18 Å². The van der Waals surface area contributed by atoms with E-state index in [-0.39, 0.29) is 10.1 Å². The molecule has 0 radical (unpaired) electrons. The molecular formula is C7H3F3N2S. The number of H-pyrrole nitrogens is 1. The van der Waals surface area contributed by atoms with Crippen molar-refractivity contribution >= 4 is 12.2 Å². The van der Waals surface area contributed by atoms with Crippen LogP contribution in [0.15, 0.2) is 12.3 Å². The van der Waals surface area contributed by atoms with Gasteiger partial charge in [0.25, 0.3) is 0 Å². The van der Waals surface area contributed by atoms with E-state index in [2.05, 4.69) is 12.2 Å². The summed E-state index contributed by atoms with van der Waals surface area (Å²) in [7, 11) is 0. The Morgan fingerprint density at radius 2 is 2.08 bits per heavy atom. The lowest BCUT2D eigenvalue weighted by Gasteiger charge is -2.05. The third-order valence-electron chi connectivity index (χ3n) is 1.34. The quantitative estimate of drug-likeness (QED) is 0.660. The predicted molar refractivity (Wildman–Crippen MR) is 41.3 cm³/mol. The summed E-state index contributed by atoms with van der Waals surface area (Å²) in [5.74, 6) is 0. The van der Waals surface area contributed by atoms with E-state index in [9.17, 15) is 13.2 Å². The Morgan fingerprint density at radius 1 is 1.46 bits per heavy atom. The molecule has 1 aromatic heterocycles. The Balaban J connectivity index is 3.28. The molecule has 0 aliphatic heterocycles. The highest BCUT2D eigenvalue weighted by Crippen LogP contribution is 2.27. The molecule has 0 aliphatic carbocycles. The SMILES string of the molecule is N#Cc1c[nH]c(C(F)(F)F)cc1=S. The molecule has 1 aromatic rings. The normalized spacial score (nSPS) is 10.9. The Morgan fingerprint density at radius 3 is 2.46 bits per heavy atom. The Hall–Kier alpha value is -1.35. The van der Waals surface area contributed by atoms with E-state index in [1.54, 1.807) is 6.07 Å². The number of nitrogens with one attached hydrogen (secondary N) is 1. The first-order valence-electron chi connectivity index (χ1n) is 3.15. The van der Waals surface area contributed by atoms with E-state index in [0.717, 1.165) is 12.3 Å². The van der Waals surface area contributed by atoms with Gasteiger partial charge in [-0.3, -0.25) is 0 Å². The summed E-state index contributed by atoms with van der Waals surface area (Å²) in [6, 6.07) is 2.40. The number of pyridine rings is 1. The molecule has 1 heterocycles. The molecule has 0 fully saturated rings. The number of rotatable bonds is 0. The molecule has 1 rings (SSSR count). The number of hydrogen-bond acceptors (Lipinski definition) is 2. The van der Waals surface area contributed by atoms with Crippen LogP contribution in [-0.4, -0.2) is 4.98 Å². The maximum absolute atomic E-state index is 12.0. The van der Waals surface area contributed by atoms with Crippen molar-refractivity contribution in [2.24, 2.45) is 0 Å². The number of nitriles is 1. The zero-order chi connectivity index (χ0) is 10.1. The predicted octanol–water partition coefficient (Wildman–Crippen LogP) is 2.63. The number of aromatic amines is 1. The lowest BCUT2D eigenvalue weighted by molar-refractivity contribution is -0.141. The summed E-state index contributed by atoms with van der Waals surface area (Å²) in [6.45, 7) is 0. The van der Waals surface area contributed by atoms with E-state index in [1.165, 1.54) is 0 Å². The van der Waals surface area contributed by atoms with Gasteiger partial charge < -0.3 is 4.98 Å². The molecule has 0 atom stereocenters. The molecule has 0 aromatic carbocycles. The van der Waals surface area contributed by atoms with Crippen molar-refractivity contribution in [1.29, 1.82) is 5.26 Å². The van der Waals surface area contributed by atoms with Gasteiger partial charge in [-0.2, -0.15) is 18.4 Å². The zero-order valence-corrected chi connectivity index (χ0v) is 6.96. The first kappa shape index (κ1) is 9.74. The van der Waals surface area contributed by atoms with Crippen LogP contribution in [0.25, 0.3) is 0 Å². The topological polar surface area (TPSA) is 39.6 Å². The van der Waals surface area contributed by atoms with E-state index in [4.69, 9.17) is 5.26 Å². The van der Waals surface area contributed by atoms with Crippen LogP contribution in [0, 0.1) is 15.8 Å². The molecule has 0 aliphatic rings. The minimum atomic E-state index is -4.46. The maximum atomic E-state index is 12.0. The lowest BCUT2D eigenvalue weighted by atomic mass is 10.2. The van der Waals surface area contributed by atoms with Crippen LogP contribution in [0.1, 0.15) is 11.3 Å². The third-order valence-corrected chi connectivity index (χ3v) is 1.68. The number of nitrogens with zero attached hydrogens (tertiary/aromatic N) is 1. The van der Waals surface area contributed by atoms with E-state index < -0.39 is 11.9 Å². The highest BCUT2D eigenvalue weighted by atomic mass is 32.1. The summed E-state index contributed by atoms with van der Waals surface area (Å²) >= 11 is 4.57. The van der Waals surface area contributed by atoms with Gasteiger partial charge in [-0.25, -0.2) is 0 Å². The first-order chi connectivity index (χ1) is 5.95. The second kappa shape index (κ2) is 3.18. The van der Waals surface area contributed by atoms with Gasteiger partial charge in [-0.1, -0.05) is 12.2 Å². The van der Waals surface area contributed by atoms with Gasteiger partial charge >= 0.3 is 6.18 Å². The van der Waals surface area contributed by atoms with Crippen molar-refractivity contribution in [3.8, 4) is 6.07 Å². The van der Waals surface area contributed by atoms with Crippen molar-refractivity contribution in [3.63, 3.8) is 0 Å². The monoisotopic (exact) mass is 204 g/mol. The molecule has 2 nitrogen and oxygen atoms in total. The molecule has 0 saturated heterocycles. The van der Waals surface area contributed by atoms with Crippen LogP contribution in [-0.2, 0) is 6.18 Å². The molecule has 0 unspecified atom stereocenters. The van der Waals surface area contributed by atoms with Crippen LogP contribution in [0.5, 0.6) is 0 Å². The van der Waals surface area contributed by atoms with E-state index in [0.29, 0.717) is 0 Å². The number of halogens is 3. The molecule has 13 heavy (non-hydrogen) atoms. The molecule has 0 bridgehead atoms. The minimum absolute atomic E-state index is 0.0306. The fourth-order valence-corrected chi connectivity index (χ4v) is 0.945. The molecule has 1 N–H and O–H groups in total. The van der Waals surface area contributed by atoms with E-state index >= 15 is 0 Å². The largest absolute Gasteiger partial charge is 0.431 e. The first-order valence-corrected chi connectivity index (χ1v) is 3.56. The average Bonchev–Trinajstić information content (AvgIpc) is 2.02. The maximum Gasteiger partial charge on any atom is 0.431 e. The van der Waals surface area contributed by atoms with Crippen LogP contribution in [0.2, 0.25) is 0 Å². The second-order valence-electron chi connectivity index (χ2n) is 2.23. The van der Waals surface area contributed by atoms with Crippen molar-refractivity contribution in [2.75, 3.05) is 0 Å². The number of alkyl halides is 3. The highest BCUT2D eigenvalue weighted by Gasteiger charge is 2.31. The molecular weight excluding hydrogens is 201 g/mol. The summed E-state index contributed by atoms with van der Waals surface area (Å²) < 4.78 is 36.0. The smallest absolute Gasteiger partial charge is 0.356 e. The highest BCUT2D eigenvalue weighted by molar-refractivity contribution is 7.71. The molecule has 0 amide bonds. The standard InChI is InChI=1S/C7H3F3N2S/c8-7(9,10)6-1-5(13)4(2-11)3-12-6/h1,3H,(H,12,13). The molecule has 68 valence electrons. The minimum Gasteiger partial charge on any atom is -0.356 e. The summed E-state index contributed by atoms with van der Waals surface area (Å²) in [6.07, 6.45) is -3.51. The van der Waals surface area contributed by atoms with E-state index in [1.807, 2.05) is 4.98 Å². The fraction of sp³-hybridized carbons (Fsp3) is 0.143. The Kier molecular flexibility index (Phi) is 2.38. The molecule has 0 saturated carbocycles. The average molecular weight is 204 g/mol. The van der Waals surface area contributed by atoms with Gasteiger partial charge in [0, 0.05) is 6.20 Å². The van der Waals surface area contributed by atoms with Crippen molar-refractivity contribution < 1.29 is 13.2 Å². The second-order valence-corrected chi connectivity index (χ2v) is 2.67. The van der Waals surface area contributed by atoms with Crippen molar-refractivity contribution in [1.82, 2.24) is 4.98 Å². The zero-order valence-electron chi connectivity index (χ0n) is 6.14. The molecule has 6 heteroatoms. The van der Waals surface area contributed by atoms with Crippen LogP contribution >= 0.6 is 12.2 Å². The lowest BCUT2D eigenvalue weighted by Crippen LogP contribution is -2.07. The fourth-order valence-electron chi connectivity index (χ4n) is 0.723. The Bertz CT molecular complexity index is 413.